The lowest BCUT2D eigenvalue weighted by atomic mass is 9.92. The van der Waals surface area contributed by atoms with E-state index in [1.807, 2.05) is 37.8 Å². The van der Waals surface area contributed by atoms with Crippen molar-refractivity contribution < 1.29 is 9.32 Å². The van der Waals surface area contributed by atoms with E-state index in [0.717, 1.165) is 11.1 Å². The molecule has 0 aromatic carbocycles. The Balaban J connectivity index is 1.31. The molecule has 1 aliphatic heterocycles. The fraction of sp³-hybridized carbons (Fsp3) is 0.417. The summed E-state index contributed by atoms with van der Waals surface area (Å²) in [4.78, 5) is 36.7. The lowest BCUT2D eigenvalue weighted by Crippen LogP contribution is -2.40. The monoisotopic (exact) mass is 506 g/mol. The molecule has 2 amide bonds. The molecular formula is C24H30N10O3. The van der Waals surface area contributed by atoms with E-state index in [-0.39, 0.29) is 23.0 Å². The molecule has 0 radical (unpaired) electrons. The molecule has 0 spiro atoms. The third kappa shape index (κ3) is 4.71. The van der Waals surface area contributed by atoms with Crippen molar-refractivity contribution in [3.05, 3.63) is 46.8 Å². The number of amides is 2. The van der Waals surface area contributed by atoms with Crippen LogP contribution in [0.4, 0.5) is 22.2 Å². The summed E-state index contributed by atoms with van der Waals surface area (Å²) < 4.78 is 8.08. The van der Waals surface area contributed by atoms with E-state index < -0.39 is 0 Å². The number of nitrogens with one attached hydrogen (secondary N) is 3. The fourth-order valence-electron chi connectivity index (χ4n) is 4.35. The van der Waals surface area contributed by atoms with Crippen molar-refractivity contribution in [1.82, 2.24) is 34.8 Å². The van der Waals surface area contributed by atoms with Crippen molar-refractivity contribution >= 4 is 34.5 Å². The van der Waals surface area contributed by atoms with Gasteiger partial charge in [-0.05, 0) is 12.5 Å². The van der Waals surface area contributed by atoms with Crippen LogP contribution in [0.2, 0.25) is 0 Å². The highest BCUT2D eigenvalue weighted by Crippen LogP contribution is 2.26. The summed E-state index contributed by atoms with van der Waals surface area (Å²) in [6.07, 6.45) is 5.39. The maximum absolute atomic E-state index is 13.1. The molecule has 4 aromatic heterocycles. The highest BCUT2D eigenvalue weighted by atomic mass is 16.5. The molecule has 3 N–H and O–H groups in total. The van der Waals surface area contributed by atoms with Crippen molar-refractivity contribution in [2.45, 2.75) is 38.6 Å². The summed E-state index contributed by atoms with van der Waals surface area (Å²) >= 11 is 0. The second-order valence-electron chi connectivity index (χ2n) is 10.1. The van der Waals surface area contributed by atoms with Crippen LogP contribution < -0.4 is 26.4 Å². The first-order chi connectivity index (χ1) is 17.6. The number of urea groups is 1. The molecule has 1 unspecified atom stereocenters. The molecule has 0 saturated carbocycles. The van der Waals surface area contributed by atoms with Gasteiger partial charge in [0, 0.05) is 56.3 Å². The quantitative estimate of drug-likeness (QED) is 0.370. The summed E-state index contributed by atoms with van der Waals surface area (Å²) in [6.45, 7) is 7.28. The Morgan fingerprint density at radius 2 is 2.03 bits per heavy atom. The van der Waals surface area contributed by atoms with Crippen molar-refractivity contribution in [3.63, 3.8) is 0 Å². The van der Waals surface area contributed by atoms with Gasteiger partial charge >= 0.3 is 6.03 Å². The average molecular weight is 507 g/mol. The van der Waals surface area contributed by atoms with Gasteiger partial charge < -0.3 is 20.1 Å². The second-order valence-corrected chi connectivity index (χ2v) is 10.1. The van der Waals surface area contributed by atoms with Gasteiger partial charge in [-0.2, -0.15) is 10.1 Å². The van der Waals surface area contributed by atoms with E-state index >= 15 is 0 Å². The summed E-state index contributed by atoms with van der Waals surface area (Å²) in [5, 5.41) is 18.0. The van der Waals surface area contributed by atoms with Crippen molar-refractivity contribution in [3.8, 4) is 5.69 Å². The predicted octanol–water partition coefficient (Wildman–Crippen LogP) is 2.24. The minimum Gasteiger partial charge on any atom is -0.365 e. The molecule has 13 nitrogen and oxygen atoms in total. The minimum absolute atomic E-state index is 0.141. The number of hydrogen-bond donors (Lipinski definition) is 3. The van der Waals surface area contributed by atoms with Crippen LogP contribution >= 0.6 is 0 Å². The van der Waals surface area contributed by atoms with Crippen molar-refractivity contribution in [2.75, 3.05) is 35.7 Å². The number of anilines is 3. The summed E-state index contributed by atoms with van der Waals surface area (Å²) in [5.74, 6) is 0.955. The molecule has 4 aromatic rings. The van der Waals surface area contributed by atoms with Gasteiger partial charge in [0.1, 0.15) is 29.1 Å². The van der Waals surface area contributed by atoms with Gasteiger partial charge in [-0.25, -0.2) is 14.5 Å². The molecule has 0 aliphatic carbocycles. The number of nitrogens with zero attached hydrogens (tertiary/aromatic N) is 7. The van der Waals surface area contributed by atoms with Crippen molar-refractivity contribution in [2.24, 2.45) is 7.05 Å². The van der Waals surface area contributed by atoms with Gasteiger partial charge in [-0.1, -0.05) is 25.9 Å². The first-order valence-electron chi connectivity index (χ1n) is 12.0. The largest absolute Gasteiger partial charge is 0.365 e. The van der Waals surface area contributed by atoms with E-state index in [0.29, 0.717) is 48.3 Å². The molecule has 5 heterocycles. The van der Waals surface area contributed by atoms with Crippen LogP contribution in [0.5, 0.6) is 0 Å². The third-order valence-electron chi connectivity index (χ3n) is 6.40. The Morgan fingerprint density at radius 3 is 2.73 bits per heavy atom. The fourth-order valence-corrected chi connectivity index (χ4v) is 4.35. The van der Waals surface area contributed by atoms with E-state index in [1.54, 1.807) is 25.0 Å². The molecule has 1 saturated heterocycles. The molecule has 1 aliphatic rings. The van der Waals surface area contributed by atoms with Crippen LogP contribution in [0, 0.1) is 0 Å². The van der Waals surface area contributed by atoms with E-state index in [9.17, 15) is 9.59 Å². The maximum Gasteiger partial charge on any atom is 0.320 e. The number of pyridine rings is 1. The van der Waals surface area contributed by atoms with Crippen LogP contribution in [0.25, 0.3) is 16.7 Å². The lowest BCUT2D eigenvalue weighted by molar-refractivity contribution is 0.249. The van der Waals surface area contributed by atoms with Gasteiger partial charge in [-0.15, -0.1) is 0 Å². The minimum atomic E-state index is -0.357. The first kappa shape index (κ1) is 24.3. The standard InChI is InChI=1S/C24H30N10O3/c1-24(2,3)18-9-19(34(31-18)16-11-27-37-13-16)29-23(36)28-15-6-7-33(12-15)17-8-14-10-26-22(25-4)30-20(14)32(5)21(17)35/h8-11,13,15H,6-7,12H2,1-5H3,(H,25,26,30)(H2,28,29,36). The molecule has 37 heavy (non-hydrogen) atoms. The van der Waals surface area contributed by atoms with Crippen LogP contribution in [0.3, 0.4) is 0 Å². The maximum atomic E-state index is 13.1. The molecule has 1 atom stereocenters. The second kappa shape index (κ2) is 9.22. The Morgan fingerprint density at radius 1 is 1.22 bits per heavy atom. The lowest BCUT2D eigenvalue weighted by Gasteiger charge is -2.20. The highest BCUT2D eigenvalue weighted by molar-refractivity contribution is 5.89. The predicted molar refractivity (Wildman–Crippen MR) is 139 cm³/mol. The molecule has 13 heteroatoms. The van der Waals surface area contributed by atoms with Gasteiger partial charge in [0.25, 0.3) is 5.56 Å². The molecular weight excluding hydrogens is 476 g/mol. The molecule has 194 valence electrons. The molecule has 5 rings (SSSR count). The Hall–Kier alpha value is -4.42. The number of fused-ring (bicyclic) bond motifs is 1. The van der Waals surface area contributed by atoms with Crippen LogP contribution in [0.15, 0.2) is 40.1 Å². The van der Waals surface area contributed by atoms with E-state index in [4.69, 9.17) is 4.52 Å². The number of aromatic nitrogens is 6. The molecule has 0 bridgehead atoms. The average Bonchev–Trinajstić information content (AvgIpc) is 3.62. The summed E-state index contributed by atoms with van der Waals surface area (Å²) in [6, 6.07) is 3.15. The van der Waals surface area contributed by atoms with E-state index in [2.05, 4.69) is 36.2 Å². The topological polar surface area (TPSA) is 148 Å². The number of carbonyl (C=O) groups excluding carboxylic acids is 1. The zero-order chi connectivity index (χ0) is 26.3. The van der Waals surface area contributed by atoms with Gasteiger partial charge in [0.05, 0.1) is 11.9 Å². The Bertz CT molecular complexity index is 1500. The number of rotatable bonds is 5. The number of carbonyl (C=O) groups is 1. The van der Waals surface area contributed by atoms with Crippen LogP contribution in [-0.4, -0.2) is 61.7 Å². The normalized spacial score (nSPS) is 15.8. The Labute approximate surface area is 212 Å². The highest BCUT2D eigenvalue weighted by Gasteiger charge is 2.28. The third-order valence-corrected chi connectivity index (χ3v) is 6.40. The molecule has 1 fully saturated rings. The first-order valence-corrected chi connectivity index (χ1v) is 12.0. The zero-order valence-electron chi connectivity index (χ0n) is 21.4. The number of aryl methyl sites for hydroxylation is 1. The van der Waals surface area contributed by atoms with Crippen LogP contribution in [-0.2, 0) is 12.5 Å². The summed E-state index contributed by atoms with van der Waals surface area (Å²) in [7, 11) is 3.43. The van der Waals surface area contributed by atoms with Gasteiger partial charge in [0.15, 0.2) is 0 Å². The van der Waals surface area contributed by atoms with Crippen LogP contribution in [0.1, 0.15) is 32.9 Å². The van der Waals surface area contributed by atoms with Gasteiger partial charge in [-0.3, -0.25) is 14.7 Å². The van der Waals surface area contributed by atoms with Crippen molar-refractivity contribution in [1.29, 1.82) is 0 Å². The Kier molecular flexibility index (Phi) is 6.05. The van der Waals surface area contributed by atoms with Gasteiger partial charge in [0.2, 0.25) is 5.95 Å². The SMILES string of the molecule is CNc1ncc2cc(N3CCC(NC(=O)Nc4cc(C(C)(C)C)nn4-c4cnoc4)C3)c(=O)n(C)c2n1. The van der Waals surface area contributed by atoms with E-state index in [1.165, 1.54) is 17.0 Å². The number of hydrogen-bond acceptors (Lipinski definition) is 9. The summed E-state index contributed by atoms with van der Waals surface area (Å²) in [5.41, 5.74) is 2.17. The smallest absolute Gasteiger partial charge is 0.320 e. The zero-order valence-corrected chi connectivity index (χ0v) is 21.4.